The second-order valence-electron chi connectivity index (χ2n) is 5.42. The first-order chi connectivity index (χ1) is 6.54. The van der Waals surface area contributed by atoms with Gasteiger partial charge in [0.25, 0.3) is 0 Å². The van der Waals surface area contributed by atoms with Gasteiger partial charge >= 0.3 is 0 Å². The summed E-state index contributed by atoms with van der Waals surface area (Å²) in [6, 6.07) is 0. The van der Waals surface area contributed by atoms with Crippen LogP contribution in [0.4, 0.5) is 0 Å². The lowest BCUT2D eigenvalue weighted by Crippen LogP contribution is -2.32. The van der Waals surface area contributed by atoms with Gasteiger partial charge in [-0.25, -0.2) is 0 Å². The second-order valence-corrected chi connectivity index (χ2v) is 5.42. The molecule has 3 heteroatoms. The molecule has 2 rings (SSSR count). The minimum absolute atomic E-state index is 0.262. The number of carbonyl (C=O) groups is 1. The van der Waals surface area contributed by atoms with Crippen molar-refractivity contribution in [1.29, 1.82) is 0 Å². The van der Waals surface area contributed by atoms with Crippen LogP contribution in [0.1, 0.15) is 26.7 Å². The minimum Gasteiger partial charge on any atom is -0.342 e. The number of rotatable bonds is 2. The van der Waals surface area contributed by atoms with E-state index >= 15 is 0 Å². The van der Waals surface area contributed by atoms with Crippen molar-refractivity contribution < 1.29 is 4.79 Å². The molecule has 2 unspecified atom stereocenters. The number of hydrogen-bond donors (Lipinski definition) is 1. The number of likely N-dealkylation sites (tertiary alicyclic amines) is 1. The van der Waals surface area contributed by atoms with Crippen LogP contribution in [0.3, 0.4) is 0 Å². The highest BCUT2D eigenvalue weighted by Crippen LogP contribution is 2.52. The van der Waals surface area contributed by atoms with E-state index in [4.69, 9.17) is 5.73 Å². The topological polar surface area (TPSA) is 46.3 Å². The van der Waals surface area contributed by atoms with E-state index < -0.39 is 0 Å². The SMILES string of the molecule is CC1(C)CC1C(=O)N1CCC(CN)C1. The van der Waals surface area contributed by atoms with Gasteiger partial charge in [0.05, 0.1) is 0 Å². The molecule has 0 aromatic heterocycles. The third-order valence-electron chi connectivity index (χ3n) is 3.74. The molecule has 1 saturated carbocycles. The molecule has 0 radical (unpaired) electrons. The molecule has 2 N–H and O–H groups in total. The lowest BCUT2D eigenvalue weighted by atomic mass is 10.1. The Bertz CT molecular complexity index is 250. The molecule has 80 valence electrons. The van der Waals surface area contributed by atoms with E-state index in [2.05, 4.69) is 13.8 Å². The van der Waals surface area contributed by atoms with Crippen LogP contribution in [0.25, 0.3) is 0 Å². The zero-order valence-electron chi connectivity index (χ0n) is 9.12. The van der Waals surface area contributed by atoms with E-state index in [0.29, 0.717) is 17.7 Å². The Kier molecular flexibility index (Phi) is 2.30. The molecule has 14 heavy (non-hydrogen) atoms. The zero-order valence-corrected chi connectivity index (χ0v) is 9.12. The fourth-order valence-electron chi connectivity index (χ4n) is 2.33. The van der Waals surface area contributed by atoms with E-state index in [9.17, 15) is 4.79 Å². The van der Waals surface area contributed by atoms with Crippen LogP contribution in [0.5, 0.6) is 0 Å². The average Bonchev–Trinajstić information content (AvgIpc) is 2.64. The van der Waals surface area contributed by atoms with Gasteiger partial charge in [-0.1, -0.05) is 13.8 Å². The van der Waals surface area contributed by atoms with Crippen molar-refractivity contribution in [3.63, 3.8) is 0 Å². The van der Waals surface area contributed by atoms with Crippen LogP contribution in [0.2, 0.25) is 0 Å². The van der Waals surface area contributed by atoms with Crippen LogP contribution < -0.4 is 5.73 Å². The van der Waals surface area contributed by atoms with Crippen molar-refractivity contribution in [2.24, 2.45) is 23.0 Å². The molecule has 0 aromatic rings. The van der Waals surface area contributed by atoms with Gasteiger partial charge in [-0.05, 0) is 30.7 Å². The van der Waals surface area contributed by atoms with Crippen LogP contribution in [0, 0.1) is 17.3 Å². The molecule has 0 spiro atoms. The summed E-state index contributed by atoms with van der Waals surface area (Å²) in [5.74, 6) is 1.20. The summed E-state index contributed by atoms with van der Waals surface area (Å²) in [5.41, 5.74) is 5.87. The molecule has 0 bridgehead atoms. The highest BCUT2D eigenvalue weighted by Gasteiger charge is 2.52. The van der Waals surface area contributed by atoms with Gasteiger partial charge in [-0.3, -0.25) is 4.79 Å². The monoisotopic (exact) mass is 196 g/mol. The van der Waals surface area contributed by atoms with E-state index in [1.165, 1.54) is 0 Å². The Morgan fingerprint density at radius 3 is 2.64 bits per heavy atom. The third-order valence-corrected chi connectivity index (χ3v) is 3.74. The summed E-state index contributed by atoms with van der Waals surface area (Å²) >= 11 is 0. The quantitative estimate of drug-likeness (QED) is 0.711. The van der Waals surface area contributed by atoms with E-state index in [-0.39, 0.29) is 5.41 Å². The molecule has 1 amide bonds. The van der Waals surface area contributed by atoms with Crippen molar-refractivity contribution in [3.8, 4) is 0 Å². The molecule has 1 heterocycles. The Balaban J connectivity index is 1.89. The summed E-state index contributed by atoms with van der Waals surface area (Å²) in [6.07, 6.45) is 2.16. The maximum absolute atomic E-state index is 12.0. The highest BCUT2D eigenvalue weighted by molar-refractivity contribution is 5.82. The summed E-state index contributed by atoms with van der Waals surface area (Å²) in [7, 11) is 0. The van der Waals surface area contributed by atoms with Crippen LogP contribution in [-0.2, 0) is 4.79 Å². The average molecular weight is 196 g/mol. The summed E-state index contributed by atoms with van der Waals surface area (Å²) < 4.78 is 0. The number of carbonyl (C=O) groups excluding carboxylic acids is 1. The normalized spacial score (nSPS) is 34.6. The fraction of sp³-hybridized carbons (Fsp3) is 0.909. The van der Waals surface area contributed by atoms with Gasteiger partial charge in [0, 0.05) is 19.0 Å². The third kappa shape index (κ3) is 1.65. The second kappa shape index (κ2) is 3.23. The lowest BCUT2D eigenvalue weighted by Gasteiger charge is -2.17. The first-order valence-corrected chi connectivity index (χ1v) is 5.53. The molecular formula is C11H20N2O. The molecular weight excluding hydrogens is 176 g/mol. The van der Waals surface area contributed by atoms with Crippen molar-refractivity contribution in [2.45, 2.75) is 26.7 Å². The van der Waals surface area contributed by atoms with E-state index in [0.717, 1.165) is 32.5 Å². The van der Waals surface area contributed by atoms with Gasteiger partial charge in [-0.15, -0.1) is 0 Å². The minimum atomic E-state index is 0.262. The van der Waals surface area contributed by atoms with Gasteiger partial charge in [0.2, 0.25) is 5.91 Å². The Morgan fingerprint density at radius 1 is 1.57 bits per heavy atom. The lowest BCUT2D eigenvalue weighted by molar-refractivity contribution is -0.132. The van der Waals surface area contributed by atoms with Gasteiger partial charge in [-0.2, -0.15) is 0 Å². The predicted octanol–water partition coefficient (Wildman–Crippen LogP) is 0.840. The molecule has 0 aromatic carbocycles. The molecule has 2 aliphatic rings. The zero-order chi connectivity index (χ0) is 10.3. The largest absolute Gasteiger partial charge is 0.342 e. The summed E-state index contributed by atoms with van der Waals surface area (Å²) in [5, 5.41) is 0. The van der Waals surface area contributed by atoms with Gasteiger partial charge < -0.3 is 10.6 Å². The molecule has 2 atom stereocenters. The summed E-state index contributed by atoms with van der Waals surface area (Å²) in [4.78, 5) is 14.0. The van der Waals surface area contributed by atoms with Gasteiger partial charge in [0.15, 0.2) is 0 Å². The first-order valence-electron chi connectivity index (χ1n) is 5.53. The highest BCUT2D eigenvalue weighted by atomic mass is 16.2. The van der Waals surface area contributed by atoms with Crippen LogP contribution >= 0.6 is 0 Å². The smallest absolute Gasteiger partial charge is 0.226 e. The van der Waals surface area contributed by atoms with Crippen LogP contribution in [-0.4, -0.2) is 30.4 Å². The Hall–Kier alpha value is -0.570. The maximum Gasteiger partial charge on any atom is 0.226 e. The first kappa shape index (κ1) is 9.97. The summed E-state index contributed by atoms with van der Waals surface area (Å²) in [6.45, 7) is 6.88. The Labute approximate surface area is 85.6 Å². The molecule has 1 saturated heterocycles. The van der Waals surface area contributed by atoms with E-state index in [1.54, 1.807) is 0 Å². The van der Waals surface area contributed by atoms with Crippen molar-refractivity contribution in [1.82, 2.24) is 4.90 Å². The molecule has 1 aliphatic carbocycles. The van der Waals surface area contributed by atoms with E-state index in [1.807, 2.05) is 4.90 Å². The predicted molar refractivity (Wildman–Crippen MR) is 55.6 cm³/mol. The molecule has 3 nitrogen and oxygen atoms in total. The fourth-order valence-corrected chi connectivity index (χ4v) is 2.33. The number of amides is 1. The van der Waals surface area contributed by atoms with Gasteiger partial charge in [0.1, 0.15) is 0 Å². The van der Waals surface area contributed by atoms with Crippen LogP contribution in [0.15, 0.2) is 0 Å². The maximum atomic E-state index is 12.0. The van der Waals surface area contributed by atoms with Crippen molar-refractivity contribution >= 4 is 5.91 Å². The number of nitrogens with two attached hydrogens (primary N) is 1. The van der Waals surface area contributed by atoms with Crippen molar-refractivity contribution in [3.05, 3.63) is 0 Å². The Morgan fingerprint density at radius 2 is 2.21 bits per heavy atom. The standard InChI is InChI=1S/C11H20N2O/c1-11(2)5-9(11)10(14)13-4-3-8(6-12)7-13/h8-9H,3-7,12H2,1-2H3. The number of hydrogen-bond acceptors (Lipinski definition) is 2. The molecule has 2 fully saturated rings. The van der Waals surface area contributed by atoms with Crippen molar-refractivity contribution in [2.75, 3.05) is 19.6 Å². The number of nitrogens with zero attached hydrogens (tertiary/aromatic N) is 1. The molecule has 1 aliphatic heterocycles.